The number of piperazine rings is 1. The van der Waals surface area contributed by atoms with Gasteiger partial charge < -0.3 is 14.5 Å². The zero-order valence-electron chi connectivity index (χ0n) is 13.2. The van der Waals surface area contributed by atoms with E-state index in [0.717, 1.165) is 17.9 Å². The molecule has 6 nitrogen and oxygen atoms in total. The number of carbonyl (C=O) groups is 2. The minimum absolute atomic E-state index is 0.0567. The molecule has 124 valence electrons. The largest absolute Gasteiger partial charge is 0.473 e. The topological polar surface area (TPSA) is 62.7 Å². The molecule has 7 heteroatoms. The summed E-state index contributed by atoms with van der Waals surface area (Å²) in [5.41, 5.74) is 0.515. The standard InChI is InChI=1S/C16H21N3O3S/c1-12(20)18-6-8-19(9-7-18)16(21)14-3-2-5-17-15(14)22-13-4-10-23-11-13/h2-3,5,13H,4,6-11H2,1H3. The number of thioether (sulfide) groups is 1. The number of rotatable bonds is 3. The lowest BCUT2D eigenvalue weighted by Crippen LogP contribution is -2.50. The van der Waals surface area contributed by atoms with Crippen LogP contribution in [0.1, 0.15) is 23.7 Å². The number of ether oxygens (including phenoxy) is 1. The number of amides is 2. The van der Waals surface area contributed by atoms with E-state index >= 15 is 0 Å². The highest BCUT2D eigenvalue weighted by atomic mass is 32.2. The molecule has 23 heavy (non-hydrogen) atoms. The number of carbonyl (C=O) groups excluding carboxylic acids is 2. The first-order chi connectivity index (χ1) is 11.1. The fourth-order valence-corrected chi connectivity index (χ4v) is 3.90. The predicted molar refractivity (Wildman–Crippen MR) is 88.8 cm³/mol. The third-order valence-corrected chi connectivity index (χ3v) is 5.31. The summed E-state index contributed by atoms with van der Waals surface area (Å²) in [6.45, 7) is 3.82. The fraction of sp³-hybridized carbons (Fsp3) is 0.562. The molecule has 1 aromatic rings. The Bertz CT molecular complexity index is 582. The highest BCUT2D eigenvalue weighted by Crippen LogP contribution is 2.25. The molecule has 2 amide bonds. The Balaban J connectivity index is 1.68. The van der Waals surface area contributed by atoms with Crippen LogP contribution in [0.15, 0.2) is 18.3 Å². The highest BCUT2D eigenvalue weighted by molar-refractivity contribution is 7.99. The van der Waals surface area contributed by atoms with Crippen LogP contribution in [0.5, 0.6) is 5.88 Å². The summed E-state index contributed by atoms with van der Waals surface area (Å²) < 4.78 is 5.93. The molecular weight excluding hydrogens is 314 g/mol. The average Bonchev–Trinajstić information content (AvgIpc) is 3.08. The van der Waals surface area contributed by atoms with E-state index < -0.39 is 0 Å². The molecule has 2 aliphatic rings. The van der Waals surface area contributed by atoms with Crippen molar-refractivity contribution in [3.05, 3.63) is 23.9 Å². The van der Waals surface area contributed by atoms with E-state index in [2.05, 4.69) is 4.98 Å². The normalized spacial score (nSPS) is 21.3. The van der Waals surface area contributed by atoms with E-state index in [-0.39, 0.29) is 17.9 Å². The van der Waals surface area contributed by atoms with Crippen molar-refractivity contribution < 1.29 is 14.3 Å². The van der Waals surface area contributed by atoms with Crippen molar-refractivity contribution in [1.29, 1.82) is 0 Å². The molecule has 3 rings (SSSR count). The molecule has 2 saturated heterocycles. The minimum atomic E-state index is -0.0676. The van der Waals surface area contributed by atoms with Gasteiger partial charge in [-0.3, -0.25) is 9.59 Å². The monoisotopic (exact) mass is 335 g/mol. The molecule has 2 aliphatic heterocycles. The maximum absolute atomic E-state index is 12.8. The van der Waals surface area contributed by atoms with Gasteiger partial charge in [0.2, 0.25) is 11.8 Å². The Morgan fingerprint density at radius 2 is 2.00 bits per heavy atom. The van der Waals surface area contributed by atoms with Crippen molar-refractivity contribution in [2.24, 2.45) is 0 Å². The number of nitrogens with zero attached hydrogens (tertiary/aromatic N) is 3. The number of aromatic nitrogens is 1. The van der Waals surface area contributed by atoms with Gasteiger partial charge in [-0.2, -0.15) is 11.8 Å². The van der Waals surface area contributed by atoms with Crippen LogP contribution in [0.25, 0.3) is 0 Å². The van der Waals surface area contributed by atoms with Crippen LogP contribution in [-0.2, 0) is 4.79 Å². The fourth-order valence-electron chi connectivity index (χ4n) is 2.81. The lowest BCUT2D eigenvalue weighted by molar-refractivity contribution is -0.130. The lowest BCUT2D eigenvalue weighted by atomic mass is 10.2. The van der Waals surface area contributed by atoms with E-state index in [1.165, 1.54) is 0 Å². The highest BCUT2D eigenvalue weighted by Gasteiger charge is 2.27. The first kappa shape index (κ1) is 16.1. The van der Waals surface area contributed by atoms with E-state index in [1.54, 1.807) is 35.1 Å². The Morgan fingerprint density at radius 3 is 2.65 bits per heavy atom. The number of hydrogen-bond acceptors (Lipinski definition) is 5. The molecule has 1 aromatic heterocycles. The van der Waals surface area contributed by atoms with Crippen molar-refractivity contribution in [3.8, 4) is 5.88 Å². The Labute approximate surface area is 140 Å². The van der Waals surface area contributed by atoms with Crippen molar-refractivity contribution in [2.75, 3.05) is 37.7 Å². The second-order valence-corrected chi connectivity index (χ2v) is 6.91. The Morgan fingerprint density at radius 1 is 1.26 bits per heavy atom. The van der Waals surface area contributed by atoms with Gasteiger partial charge >= 0.3 is 0 Å². The molecule has 0 aliphatic carbocycles. The summed E-state index contributed by atoms with van der Waals surface area (Å²) in [7, 11) is 0. The van der Waals surface area contributed by atoms with Crippen LogP contribution < -0.4 is 4.74 Å². The van der Waals surface area contributed by atoms with Crippen LogP contribution in [-0.4, -0.2) is 70.4 Å². The van der Waals surface area contributed by atoms with Crippen LogP contribution in [0.3, 0.4) is 0 Å². The molecule has 0 N–H and O–H groups in total. The molecule has 2 fully saturated rings. The molecular formula is C16H21N3O3S. The second-order valence-electron chi connectivity index (χ2n) is 5.76. The molecule has 0 aromatic carbocycles. The van der Waals surface area contributed by atoms with Gasteiger partial charge in [0.25, 0.3) is 5.91 Å². The van der Waals surface area contributed by atoms with E-state index in [4.69, 9.17) is 4.74 Å². The van der Waals surface area contributed by atoms with E-state index in [1.807, 2.05) is 11.8 Å². The van der Waals surface area contributed by atoms with E-state index in [0.29, 0.717) is 37.6 Å². The van der Waals surface area contributed by atoms with Crippen LogP contribution >= 0.6 is 11.8 Å². The van der Waals surface area contributed by atoms with Crippen LogP contribution in [0.4, 0.5) is 0 Å². The minimum Gasteiger partial charge on any atom is -0.473 e. The summed E-state index contributed by atoms with van der Waals surface area (Å²) >= 11 is 1.86. The van der Waals surface area contributed by atoms with Gasteiger partial charge in [-0.25, -0.2) is 4.98 Å². The third kappa shape index (κ3) is 3.77. The maximum atomic E-state index is 12.8. The van der Waals surface area contributed by atoms with Crippen molar-refractivity contribution >= 4 is 23.6 Å². The molecule has 3 heterocycles. The van der Waals surface area contributed by atoms with Gasteiger partial charge in [-0.1, -0.05) is 0 Å². The van der Waals surface area contributed by atoms with Gasteiger partial charge in [-0.15, -0.1) is 0 Å². The first-order valence-electron chi connectivity index (χ1n) is 7.89. The summed E-state index contributed by atoms with van der Waals surface area (Å²) in [5, 5.41) is 0. The van der Waals surface area contributed by atoms with Crippen LogP contribution in [0, 0.1) is 0 Å². The van der Waals surface area contributed by atoms with Crippen molar-refractivity contribution in [2.45, 2.75) is 19.4 Å². The number of pyridine rings is 1. The Hall–Kier alpha value is -1.76. The summed E-state index contributed by atoms with van der Waals surface area (Å²) in [4.78, 5) is 31.9. The molecule has 0 saturated carbocycles. The van der Waals surface area contributed by atoms with Gasteiger partial charge in [-0.05, 0) is 24.3 Å². The van der Waals surface area contributed by atoms with Gasteiger partial charge in [0.05, 0.1) is 0 Å². The molecule has 0 spiro atoms. The quantitative estimate of drug-likeness (QED) is 0.832. The average molecular weight is 335 g/mol. The van der Waals surface area contributed by atoms with Crippen LogP contribution in [0.2, 0.25) is 0 Å². The maximum Gasteiger partial charge on any atom is 0.259 e. The smallest absolute Gasteiger partial charge is 0.259 e. The summed E-state index contributed by atoms with van der Waals surface area (Å²) in [5.74, 6) is 2.46. The summed E-state index contributed by atoms with van der Waals surface area (Å²) in [6.07, 6.45) is 2.78. The summed E-state index contributed by atoms with van der Waals surface area (Å²) in [6, 6.07) is 3.53. The lowest BCUT2D eigenvalue weighted by Gasteiger charge is -2.34. The zero-order chi connectivity index (χ0) is 16.2. The predicted octanol–water partition coefficient (Wildman–Crippen LogP) is 1.27. The molecule has 0 bridgehead atoms. The van der Waals surface area contributed by atoms with Gasteiger partial charge in [0.15, 0.2) is 0 Å². The van der Waals surface area contributed by atoms with Crippen molar-refractivity contribution in [1.82, 2.24) is 14.8 Å². The zero-order valence-corrected chi connectivity index (χ0v) is 14.1. The molecule has 1 unspecified atom stereocenters. The van der Waals surface area contributed by atoms with Gasteiger partial charge in [0.1, 0.15) is 11.7 Å². The number of hydrogen-bond donors (Lipinski definition) is 0. The van der Waals surface area contributed by atoms with Crippen molar-refractivity contribution in [3.63, 3.8) is 0 Å². The second kappa shape index (κ2) is 7.21. The molecule has 1 atom stereocenters. The molecule has 0 radical (unpaired) electrons. The third-order valence-electron chi connectivity index (χ3n) is 4.18. The SMILES string of the molecule is CC(=O)N1CCN(C(=O)c2cccnc2OC2CCSC2)CC1. The van der Waals surface area contributed by atoms with E-state index in [9.17, 15) is 9.59 Å². The Kier molecular flexibility index (Phi) is 5.05. The first-order valence-corrected chi connectivity index (χ1v) is 9.05. The van der Waals surface area contributed by atoms with Gasteiger partial charge in [0, 0.05) is 45.1 Å².